The van der Waals surface area contributed by atoms with Gasteiger partial charge in [-0.15, -0.1) is 0 Å². The molecule has 0 N–H and O–H groups in total. The maximum atomic E-state index is 16.3. The van der Waals surface area contributed by atoms with Crippen molar-refractivity contribution in [1.82, 2.24) is 29.5 Å². The van der Waals surface area contributed by atoms with Crippen LogP contribution < -0.4 is 0 Å². The van der Waals surface area contributed by atoms with Crippen LogP contribution in [-0.2, 0) is 12.2 Å². The molecular formula is C18H23F3N6S2. The van der Waals surface area contributed by atoms with Crippen molar-refractivity contribution < 1.29 is 13.2 Å². The van der Waals surface area contributed by atoms with Gasteiger partial charge in [0.2, 0.25) is 0 Å². The number of piperidine rings is 1. The lowest BCUT2D eigenvalue weighted by molar-refractivity contribution is -0.0139. The first-order chi connectivity index (χ1) is 13.0. The lowest BCUT2D eigenvalue weighted by Crippen LogP contribution is -2.49. The van der Waals surface area contributed by atoms with Crippen LogP contribution >= 0.6 is 27.0 Å². The molecule has 0 aromatic carbocycles. The third-order valence-corrected chi connectivity index (χ3v) is 5.19. The summed E-state index contributed by atoms with van der Waals surface area (Å²) < 4.78 is 44.1. The highest BCUT2D eigenvalue weighted by atomic mass is 32.1. The SMILES string of the molecule is C[C@H]1CCN(Cc2ccncc2)C[C@]1(F)c1cc(C(F)F)nc2ncnn12.S.S. The molecule has 29 heavy (non-hydrogen) atoms. The van der Waals surface area contributed by atoms with Crippen LogP contribution in [0.15, 0.2) is 36.9 Å². The van der Waals surface area contributed by atoms with Crippen LogP contribution in [0, 0.1) is 5.92 Å². The zero-order valence-corrected chi connectivity index (χ0v) is 17.8. The lowest BCUT2D eigenvalue weighted by Gasteiger charge is -2.42. The average molecular weight is 445 g/mol. The van der Waals surface area contributed by atoms with Crippen molar-refractivity contribution in [3.05, 3.63) is 53.9 Å². The maximum absolute atomic E-state index is 16.3. The first-order valence-electron chi connectivity index (χ1n) is 8.77. The molecule has 0 unspecified atom stereocenters. The molecule has 0 amide bonds. The Hall–Kier alpha value is -1.85. The van der Waals surface area contributed by atoms with Crippen molar-refractivity contribution >= 4 is 32.8 Å². The highest BCUT2D eigenvalue weighted by molar-refractivity contribution is 7.59. The average Bonchev–Trinajstić information content (AvgIpc) is 3.13. The van der Waals surface area contributed by atoms with Crippen LogP contribution in [-0.4, -0.2) is 42.6 Å². The highest BCUT2D eigenvalue weighted by Gasteiger charge is 2.45. The van der Waals surface area contributed by atoms with E-state index in [-0.39, 0.29) is 50.9 Å². The van der Waals surface area contributed by atoms with E-state index in [0.717, 1.165) is 18.2 Å². The molecule has 6 nitrogen and oxygen atoms in total. The van der Waals surface area contributed by atoms with Crippen LogP contribution in [0.3, 0.4) is 0 Å². The van der Waals surface area contributed by atoms with E-state index in [1.54, 1.807) is 19.3 Å². The largest absolute Gasteiger partial charge is 0.295 e. The van der Waals surface area contributed by atoms with E-state index in [1.165, 1.54) is 10.8 Å². The minimum absolute atomic E-state index is 0. The Morgan fingerprint density at radius 1 is 1.24 bits per heavy atom. The smallest absolute Gasteiger partial charge is 0.280 e. The zero-order chi connectivity index (χ0) is 19.0. The second-order valence-electron chi connectivity index (χ2n) is 6.96. The minimum atomic E-state index is -2.80. The molecular weight excluding hydrogens is 421 g/mol. The summed E-state index contributed by atoms with van der Waals surface area (Å²) in [5.41, 5.74) is -1.23. The van der Waals surface area contributed by atoms with Gasteiger partial charge in [-0.2, -0.15) is 41.6 Å². The molecule has 4 rings (SSSR count). The van der Waals surface area contributed by atoms with E-state index in [2.05, 4.69) is 20.1 Å². The molecule has 0 spiro atoms. The molecule has 1 aliphatic heterocycles. The number of likely N-dealkylation sites (tertiary alicyclic amines) is 1. The first-order valence-corrected chi connectivity index (χ1v) is 8.77. The van der Waals surface area contributed by atoms with Gasteiger partial charge in [0.05, 0.1) is 5.69 Å². The van der Waals surface area contributed by atoms with Gasteiger partial charge in [0.1, 0.15) is 12.0 Å². The summed E-state index contributed by atoms with van der Waals surface area (Å²) in [6.45, 7) is 3.17. The molecule has 1 saturated heterocycles. The van der Waals surface area contributed by atoms with Gasteiger partial charge in [-0.1, -0.05) is 6.92 Å². The fourth-order valence-corrected chi connectivity index (χ4v) is 3.62. The summed E-state index contributed by atoms with van der Waals surface area (Å²) in [7, 11) is 0. The monoisotopic (exact) mass is 444 g/mol. The number of hydrogen-bond acceptors (Lipinski definition) is 5. The van der Waals surface area contributed by atoms with Gasteiger partial charge in [0.15, 0.2) is 5.67 Å². The van der Waals surface area contributed by atoms with Crippen LogP contribution in [0.2, 0.25) is 0 Å². The molecule has 1 fully saturated rings. The van der Waals surface area contributed by atoms with E-state index in [1.807, 2.05) is 17.0 Å². The molecule has 0 aliphatic carbocycles. The third kappa shape index (κ3) is 4.51. The quantitative estimate of drug-likeness (QED) is 0.617. The van der Waals surface area contributed by atoms with Crippen molar-refractivity contribution in [3.8, 4) is 0 Å². The fourth-order valence-electron chi connectivity index (χ4n) is 3.62. The van der Waals surface area contributed by atoms with E-state index in [4.69, 9.17) is 0 Å². The number of nitrogens with zero attached hydrogens (tertiary/aromatic N) is 6. The molecule has 2 atom stereocenters. The number of aromatic nitrogens is 5. The predicted molar refractivity (Wildman–Crippen MR) is 113 cm³/mol. The predicted octanol–water partition coefficient (Wildman–Crippen LogP) is 3.39. The molecule has 1 aliphatic rings. The van der Waals surface area contributed by atoms with Crippen molar-refractivity contribution in [1.29, 1.82) is 0 Å². The standard InChI is InChI=1S/C18H19F3N6.2H2S/c1-12-4-7-26(9-13-2-5-22-6-3-13)10-18(12,21)15-8-14(16(19)20)25-17-23-11-24-27(15)17;;/h2-3,5-6,8,11-12,16H,4,7,9-10H2,1H3;2*1H2/t12-,18+;;/m0../s1. The first kappa shape index (κ1) is 23.4. The molecule has 0 bridgehead atoms. The topological polar surface area (TPSA) is 59.2 Å². The Labute approximate surface area is 180 Å². The summed E-state index contributed by atoms with van der Waals surface area (Å²) >= 11 is 0. The fraction of sp³-hybridized carbons (Fsp3) is 0.444. The van der Waals surface area contributed by atoms with Gasteiger partial charge in [0.25, 0.3) is 12.2 Å². The van der Waals surface area contributed by atoms with E-state index in [9.17, 15) is 8.78 Å². The van der Waals surface area contributed by atoms with Gasteiger partial charge in [-0.25, -0.2) is 18.2 Å². The van der Waals surface area contributed by atoms with Gasteiger partial charge < -0.3 is 0 Å². The highest BCUT2D eigenvalue weighted by Crippen LogP contribution is 2.41. The summed E-state index contributed by atoms with van der Waals surface area (Å²) in [6, 6.07) is 4.89. The number of halogens is 3. The number of pyridine rings is 1. The third-order valence-electron chi connectivity index (χ3n) is 5.19. The van der Waals surface area contributed by atoms with Crippen molar-refractivity contribution in [2.24, 2.45) is 5.92 Å². The van der Waals surface area contributed by atoms with E-state index >= 15 is 4.39 Å². The van der Waals surface area contributed by atoms with Gasteiger partial charge >= 0.3 is 0 Å². The number of fused-ring (bicyclic) bond motifs is 1. The molecule has 4 heterocycles. The molecule has 3 aromatic rings. The zero-order valence-electron chi connectivity index (χ0n) is 15.8. The minimum Gasteiger partial charge on any atom is -0.295 e. The normalized spacial score (nSPS) is 22.3. The molecule has 11 heteroatoms. The molecule has 3 aromatic heterocycles. The molecule has 158 valence electrons. The van der Waals surface area contributed by atoms with Crippen molar-refractivity contribution in [2.45, 2.75) is 32.0 Å². The second kappa shape index (κ2) is 9.31. The molecule has 0 saturated carbocycles. The Bertz CT molecular complexity index is 942. The Morgan fingerprint density at radius 3 is 2.66 bits per heavy atom. The summed E-state index contributed by atoms with van der Waals surface area (Å²) in [6.07, 6.45) is 2.39. The summed E-state index contributed by atoms with van der Waals surface area (Å²) in [5, 5.41) is 4.01. The number of rotatable bonds is 4. The Balaban J connectivity index is 0.00000150. The maximum Gasteiger partial charge on any atom is 0.280 e. The van der Waals surface area contributed by atoms with Crippen LogP contribution in [0.4, 0.5) is 13.2 Å². The second-order valence-corrected chi connectivity index (χ2v) is 6.96. The van der Waals surface area contributed by atoms with E-state index in [0.29, 0.717) is 13.0 Å². The van der Waals surface area contributed by atoms with Crippen LogP contribution in [0.25, 0.3) is 5.78 Å². The lowest BCUT2D eigenvalue weighted by atomic mass is 9.81. The number of alkyl halides is 3. The van der Waals surface area contributed by atoms with Gasteiger partial charge in [0, 0.05) is 25.5 Å². The summed E-state index contributed by atoms with van der Waals surface area (Å²) in [5.74, 6) is -0.371. The van der Waals surface area contributed by atoms with Gasteiger partial charge in [-0.05, 0) is 42.6 Å². The van der Waals surface area contributed by atoms with Crippen LogP contribution in [0.1, 0.15) is 36.7 Å². The van der Waals surface area contributed by atoms with Crippen LogP contribution in [0.5, 0.6) is 0 Å². The Morgan fingerprint density at radius 2 is 1.97 bits per heavy atom. The van der Waals surface area contributed by atoms with E-state index < -0.39 is 17.8 Å². The number of hydrogen-bond donors (Lipinski definition) is 0. The van der Waals surface area contributed by atoms with Crippen molar-refractivity contribution in [3.63, 3.8) is 0 Å². The summed E-state index contributed by atoms with van der Waals surface area (Å²) in [4.78, 5) is 13.6. The molecule has 0 radical (unpaired) electrons. The van der Waals surface area contributed by atoms with Crippen molar-refractivity contribution in [2.75, 3.05) is 13.1 Å². The van der Waals surface area contributed by atoms with Gasteiger partial charge in [-0.3, -0.25) is 9.88 Å². The Kier molecular flexibility index (Phi) is 7.52.